The van der Waals surface area contributed by atoms with Gasteiger partial charge in [-0.2, -0.15) is 0 Å². The summed E-state index contributed by atoms with van der Waals surface area (Å²) in [5.74, 6) is 1.36. The van der Waals surface area contributed by atoms with Crippen molar-refractivity contribution in [3.05, 3.63) is 122 Å². The van der Waals surface area contributed by atoms with Crippen LogP contribution in [-0.4, -0.2) is 16.0 Å². The highest BCUT2D eigenvalue weighted by molar-refractivity contribution is 6.06. The van der Waals surface area contributed by atoms with E-state index < -0.39 is 0 Å². The molecule has 7 nitrogen and oxygen atoms in total. The Balaban J connectivity index is 1.31. The first-order valence-electron chi connectivity index (χ1n) is 12.1. The molecule has 0 aliphatic heterocycles. The van der Waals surface area contributed by atoms with E-state index in [0.29, 0.717) is 17.2 Å². The molecule has 184 valence electrons. The molecule has 0 aliphatic rings. The van der Waals surface area contributed by atoms with Crippen molar-refractivity contribution in [3.8, 4) is 22.5 Å². The molecule has 0 spiro atoms. The third-order valence-corrected chi connectivity index (χ3v) is 6.02. The first-order chi connectivity index (χ1) is 18.7. The molecule has 0 fully saturated rings. The van der Waals surface area contributed by atoms with E-state index in [4.69, 9.17) is 4.42 Å². The van der Waals surface area contributed by atoms with Crippen LogP contribution >= 0.6 is 0 Å². The highest BCUT2D eigenvalue weighted by Crippen LogP contribution is 2.43. The summed E-state index contributed by atoms with van der Waals surface area (Å²) < 4.78 is 6.28. The summed E-state index contributed by atoms with van der Waals surface area (Å²) >= 11 is 0. The predicted octanol–water partition coefficient (Wildman–Crippen LogP) is 7.94. The van der Waals surface area contributed by atoms with Crippen LogP contribution < -0.4 is 16.0 Å². The van der Waals surface area contributed by atoms with E-state index in [9.17, 15) is 4.79 Å². The highest BCUT2D eigenvalue weighted by atomic mass is 16.3. The molecular formula is C31H23N5O2. The van der Waals surface area contributed by atoms with Crippen LogP contribution in [0, 0.1) is 0 Å². The number of urea groups is 1. The average molecular weight is 498 g/mol. The summed E-state index contributed by atoms with van der Waals surface area (Å²) in [5, 5.41) is 9.85. The van der Waals surface area contributed by atoms with E-state index in [1.54, 1.807) is 0 Å². The number of amides is 2. The van der Waals surface area contributed by atoms with Gasteiger partial charge in [-0.05, 0) is 42.0 Å². The van der Waals surface area contributed by atoms with Crippen molar-refractivity contribution in [2.75, 3.05) is 16.0 Å². The molecule has 7 heteroatoms. The minimum absolute atomic E-state index is 0.311. The minimum Gasteiger partial charge on any atom is -0.437 e. The third kappa shape index (κ3) is 4.81. The smallest absolute Gasteiger partial charge is 0.323 e. The molecule has 4 aromatic carbocycles. The second-order valence-corrected chi connectivity index (χ2v) is 8.59. The van der Waals surface area contributed by atoms with Gasteiger partial charge < -0.3 is 20.4 Å². The number of hydrogen-bond donors (Lipinski definition) is 3. The van der Waals surface area contributed by atoms with Gasteiger partial charge in [0, 0.05) is 28.2 Å². The number of benzene rings is 4. The summed E-state index contributed by atoms with van der Waals surface area (Å²) in [6, 6.07) is 36.5. The molecule has 0 radical (unpaired) electrons. The number of furan rings is 1. The number of aromatic nitrogens is 2. The Morgan fingerprint density at radius 2 is 1.16 bits per heavy atom. The third-order valence-electron chi connectivity index (χ3n) is 6.02. The predicted molar refractivity (Wildman–Crippen MR) is 151 cm³/mol. The van der Waals surface area contributed by atoms with Crippen LogP contribution in [0.4, 0.5) is 27.7 Å². The fourth-order valence-corrected chi connectivity index (χ4v) is 4.29. The molecule has 6 rings (SSSR count). The monoisotopic (exact) mass is 497 g/mol. The van der Waals surface area contributed by atoms with Gasteiger partial charge in [0.1, 0.15) is 17.9 Å². The molecule has 0 aliphatic carbocycles. The van der Waals surface area contributed by atoms with Gasteiger partial charge in [-0.1, -0.05) is 78.9 Å². The van der Waals surface area contributed by atoms with Crippen LogP contribution in [0.2, 0.25) is 0 Å². The van der Waals surface area contributed by atoms with Crippen molar-refractivity contribution in [1.29, 1.82) is 0 Å². The van der Waals surface area contributed by atoms with Gasteiger partial charge in [-0.3, -0.25) is 0 Å². The second-order valence-electron chi connectivity index (χ2n) is 8.59. The highest BCUT2D eigenvalue weighted by Gasteiger charge is 2.22. The maximum Gasteiger partial charge on any atom is 0.323 e. The largest absolute Gasteiger partial charge is 0.437 e. The zero-order chi connectivity index (χ0) is 25.7. The standard InChI is InChI=1S/C31H23N5O2/c37-31(35-23-14-8-3-9-15-23)36-25-18-16-24(17-19-25)34-29-27-26(21-10-4-1-5-11-21)28(22-12-6-2-7-13-22)38-30(27)33-20-32-29/h1-20H,(H,32,33,34)(H2,35,36,37). The number of carbonyl (C=O) groups excluding carboxylic acids is 1. The number of para-hydroxylation sites is 1. The number of anilines is 4. The topological polar surface area (TPSA) is 92.1 Å². The fourth-order valence-electron chi connectivity index (χ4n) is 4.29. The Morgan fingerprint density at radius 3 is 1.82 bits per heavy atom. The quantitative estimate of drug-likeness (QED) is 0.217. The van der Waals surface area contributed by atoms with Crippen molar-refractivity contribution in [1.82, 2.24) is 9.97 Å². The van der Waals surface area contributed by atoms with Crippen molar-refractivity contribution in [2.24, 2.45) is 0 Å². The molecule has 2 amide bonds. The van der Waals surface area contributed by atoms with Crippen LogP contribution in [0.1, 0.15) is 0 Å². The van der Waals surface area contributed by atoms with Crippen LogP contribution in [0.15, 0.2) is 126 Å². The Hall–Kier alpha value is -5.43. The van der Waals surface area contributed by atoms with Gasteiger partial charge in [0.25, 0.3) is 0 Å². The molecule has 0 atom stereocenters. The molecule has 0 unspecified atom stereocenters. The van der Waals surface area contributed by atoms with E-state index in [2.05, 4.69) is 38.1 Å². The van der Waals surface area contributed by atoms with Crippen LogP contribution in [-0.2, 0) is 0 Å². The van der Waals surface area contributed by atoms with Gasteiger partial charge in [0.15, 0.2) is 0 Å². The van der Waals surface area contributed by atoms with Crippen molar-refractivity contribution in [2.45, 2.75) is 0 Å². The Kier molecular flexibility index (Phi) is 6.22. The lowest BCUT2D eigenvalue weighted by Gasteiger charge is -2.10. The Labute approximate surface area is 219 Å². The first-order valence-corrected chi connectivity index (χ1v) is 12.1. The zero-order valence-corrected chi connectivity index (χ0v) is 20.3. The van der Waals surface area contributed by atoms with E-state index in [1.807, 2.05) is 103 Å². The van der Waals surface area contributed by atoms with Gasteiger partial charge >= 0.3 is 6.03 Å². The summed E-state index contributed by atoms with van der Waals surface area (Å²) in [7, 11) is 0. The minimum atomic E-state index is -0.311. The van der Waals surface area contributed by atoms with Crippen LogP contribution in [0.5, 0.6) is 0 Å². The Morgan fingerprint density at radius 1 is 0.605 bits per heavy atom. The zero-order valence-electron chi connectivity index (χ0n) is 20.3. The number of rotatable bonds is 6. The normalized spacial score (nSPS) is 10.7. The van der Waals surface area contributed by atoms with Crippen LogP contribution in [0.25, 0.3) is 33.6 Å². The van der Waals surface area contributed by atoms with Crippen LogP contribution in [0.3, 0.4) is 0 Å². The van der Waals surface area contributed by atoms with Gasteiger partial charge in [-0.15, -0.1) is 0 Å². The summed E-state index contributed by atoms with van der Waals surface area (Å²) in [4.78, 5) is 21.3. The van der Waals surface area contributed by atoms with Crippen molar-refractivity contribution >= 4 is 40.0 Å². The molecule has 2 aromatic heterocycles. The van der Waals surface area contributed by atoms with Gasteiger partial charge in [0.05, 0.1) is 5.39 Å². The van der Waals surface area contributed by atoms with Gasteiger partial charge in [-0.25, -0.2) is 14.8 Å². The second kappa shape index (κ2) is 10.3. The first kappa shape index (κ1) is 23.0. The fraction of sp³-hybridized carbons (Fsp3) is 0. The van der Waals surface area contributed by atoms with E-state index >= 15 is 0 Å². The van der Waals surface area contributed by atoms with E-state index in [-0.39, 0.29) is 6.03 Å². The lowest BCUT2D eigenvalue weighted by Crippen LogP contribution is -2.19. The van der Waals surface area contributed by atoms with Gasteiger partial charge in [0.2, 0.25) is 5.71 Å². The summed E-state index contributed by atoms with van der Waals surface area (Å²) in [5.41, 5.74) is 5.57. The van der Waals surface area contributed by atoms with Crippen molar-refractivity contribution in [3.63, 3.8) is 0 Å². The maximum atomic E-state index is 12.3. The Bertz CT molecular complexity index is 1680. The molecule has 6 aromatic rings. The molecule has 0 saturated carbocycles. The molecule has 3 N–H and O–H groups in total. The number of nitrogens with zero attached hydrogens (tertiary/aromatic N) is 2. The summed E-state index contributed by atoms with van der Waals surface area (Å²) in [6.07, 6.45) is 1.49. The lowest BCUT2D eigenvalue weighted by atomic mass is 9.99. The molecule has 38 heavy (non-hydrogen) atoms. The lowest BCUT2D eigenvalue weighted by molar-refractivity contribution is 0.262. The summed E-state index contributed by atoms with van der Waals surface area (Å²) in [6.45, 7) is 0. The average Bonchev–Trinajstić information content (AvgIpc) is 3.36. The van der Waals surface area contributed by atoms with Crippen molar-refractivity contribution < 1.29 is 9.21 Å². The number of fused-ring (bicyclic) bond motifs is 1. The molecule has 0 bridgehead atoms. The van der Waals surface area contributed by atoms with E-state index in [1.165, 1.54) is 6.33 Å². The number of hydrogen-bond acceptors (Lipinski definition) is 5. The molecule has 2 heterocycles. The molecular weight excluding hydrogens is 474 g/mol. The maximum absolute atomic E-state index is 12.3. The van der Waals surface area contributed by atoms with E-state index in [0.717, 1.165) is 39.2 Å². The SMILES string of the molecule is O=C(Nc1ccccc1)Nc1ccc(Nc2ncnc3oc(-c4ccccc4)c(-c4ccccc4)c23)cc1. The number of nitrogens with one attached hydrogen (secondary N) is 3. The molecule has 0 saturated heterocycles. The number of carbonyl (C=O) groups is 1.